The van der Waals surface area contributed by atoms with Crippen molar-refractivity contribution < 1.29 is 0 Å². The predicted octanol–water partition coefficient (Wildman–Crippen LogP) is 3.18. The van der Waals surface area contributed by atoms with E-state index in [4.69, 9.17) is 5.26 Å². The molecule has 0 aliphatic carbocycles. The number of fused-ring (bicyclic) bond motifs is 1. The Hall–Kier alpha value is -2.60. The highest BCUT2D eigenvalue weighted by Gasteiger charge is 2.07. The molecule has 0 bridgehead atoms. The molecule has 0 aliphatic heterocycles. The Balaban J connectivity index is 2.24. The van der Waals surface area contributed by atoms with Crippen molar-refractivity contribution in [3.05, 3.63) is 59.9 Å². The molecule has 3 rings (SSSR count). The number of aromatic nitrogens is 2. The summed E-state index contributed by atoms with van der Waals surface area (Å²) in [5.41, 5.74) is 4.47. The van der Waals surface area contributed by atoms with Crippen LogP contribution in [0.1, 0.15) is 11.3 Å². The summed E-state index contributed by atoms with van der Waals surface area (Å²) in [6.07, 6.45) is 1.97. The molecule has 0 saturated carbocycles. The second kappa shape index (κ2) is 4.01. The Labute approximate surface area is 105 Å². The quantitative estimate of drug-likeness (QED) is 0.647. The third-order valence-corrected chi connectivity index (χ3v) is 3.07. The van der Waals surface area contributed by atoms with Crippen LogP contribution >= 0.6 is 0 Å². The van der Waals surface area contributed by atoms with E-state index in [0.29, 0.717) is 5.56 Å². The fourth-order valence-corrected chi connectivity index (χ4v) is 2.06. The number of imidazole rings is 1. The van der Waals surface area contributed by atoms with Crippen molar-refractivity contribution in [2.75, 3.05) is 0 Å². The normalized spacial score (nSPS) is 10.4. The molecular weight excluding hydrogens is 222 g/mol. The summed E-state index contributed by atoms with van der Waals surface area (Å²) in [6, 6.07) is 15.9. The van der Waals surface area contributed by atoms with Gasteiger partial charge in [0.05, 0.1) is 11.3 Å². The lowest BCUT2D eigenvalue weighted by Crippen LogP contribution is -1.93. The van der Waals surface area contributed by atoms with E-state index in [1.54, 1.807) is 0 Å². The molecule has 2 heterocycles. The van der Waals surface area contributed by atoms with Gasteiger partial charge in [-0.15, -0.1) is 0 Å². The number of hydrogen-bond donors (Lipinski definition) is 0. The lowest BCUT2D eigenvalue weighted by Gasteiger charge is -2.00. The van der Waals surface area contributed by atoms with Crippen molar-refractivity contribution in [1.29, 1.82) is 5.26 Å². The Morgan fingerprint density at radius 2 is 1.89 bits per heavy atom. The van der Waals surface area contributed by atoms with Gasteiger partial charge in [0, 0.05) is 17.5 Å². The van der Waals surface area contributed by atoms with Gasteiger partial charge in [-0.2, -0.15) is 5.26 Å². The molecular formula is C15H11N3. The Morgan fingerprint density at radius 3 is 2.61 bits per heavy atom. The van der Waals surface area contributed by atoms with E-state index in [2.05, 4.69) is 11.1 Å². The van der Waals surface area contributed by atoms with Crippen molar-refractivity contribution in [3.8, 4) is 17.3 Å². The number of aryl methyl sites for hydroxylation is 1. The molecule has 3 aromatic rings. The lowest BCUT2D eigenvalue weighted by atomic mass is 10.2. The highest BCUT2D eigenvalue weighted by molar-refractivity contribution is 5.63. The number of benzene rings is 1. The topological polar surface area (TPSA) is 41.1 Å². The first-order valence-corrected chi connectivity index (χ1v) is 5.74. The summed E-state index contributed by atoms with van der Waals surface area (Å²) in [7, 11) is 0. The summed E-state index contributed by atoms with van der Waals surface area (Å²) in [5.74, 6) is 0. The summed E-state index contributed by atoms with van der Waals surface area (Å²) in [5, 5.41) is 9.02. The van der Waals surface area contributed by atoms with Crippen LogP contribution in [0.5, 0.6) is 0 Å². The van der Waals surface area contributed by atoms with Crippen LogP contribution in [-0.4, -0.2) is 9.38 Å². The largest absolute Gasteiger partial charge is 0.302 e. The van der Waals surface area contributed by atoms with Crippen LogP contribution in [0.15, 0.2) is 48.7 Å². The van der Waals surface area contributed by atoms with Crippen molar-refractivity contribution in [1.82, 2.24) is 9.38 Å². The molecule has 0 N–H and O–H groups in total. The van der Waals surface area contributed by atoms with E-state index in [1.165, 1.54) is 0 Å². The summed E-state index contributed by atoms with van der Waals surface area (Å²) in [6.45, 7) is 1.93. The van der Waals surface area contributed by atoms with Gasteiger partial charge in [-0.05, 0) is 19.1 Å². The molecule has 0 aliphatic rings. The molecule has 0 radical (unpaired) electrons. The molecule has 1 aromatic carbocycles. The van der Waals surface area contributed by atoms with E-state index < -0.39 is 0 Å². The van der Waals surface area contributed by atoms with Gasteiger partial charge in [-0.3, -0.25) is 0 Å². The molecule has 2 aromatic heterocycles. The maximum absolute atomic E-state index is 9.02. The maximum atomic E-state index is 9.02. The Morgan fingerprint density at radius 1 is 1.11 bits per heavy atom. The zero-order chi connectivity index (χ0) is 12.5. The first-order chi connectivity index (χ1) is 8.79. The van der Waals surface area contributed by atoms with Gasteiger partial charge in [0.2, 0.25) is 0 Å². The summed E-state index contributed by atoms with van der Waals surface area (Å²) in [4.78, 5) is 4.57. The average Bonchev–Trinajstić information content (AvgIpc) is 2.85. The molecule has 86 valence electrons. The first-order valence-electron chi connectivity index (χ1n) is 5.74. The van der Waals surface area contributed by atoms with Crippen LogP contribution in [0.3, 0.4) is 0 Å². The van der Waals surface area contributed by atoms with Gasteiger partial charge in [-0.1, -0.05) is 30.3 Å². The summed E-state index contributed by atoms with van der Waals surface area (Å²) >= 11 is 0. The third-order valence-electron chi connectivity index (χ3n) is 3.07. The Kier molecular flexibility index (Phi) is 2.35. The fraction of sp³-hybridized carbons (Fsp3) is 0.0667. The average molecular weight is 233 g/mol. The second-order valence-electron chi connectivity index (χ2n) is 4.16. The van der Waals surface area contributed by atoms with Crippen LogP contribution < -0.4 is 0 Å². The van der Waals surface area contributed by atoms with E-state index in [0.717, 1.165) is 22.6 Å². The van der Waals surface area contributed by atoms with Crippen molar-refractivity contribution in [3.63, 3.8) is 0 Å². The van der Waals surface area contributed by atoms with Crippen molar-refractivity contribution in [2.45, 2.75) is 6.92 Å². The summed E-state index contributed by atoms with van der Waals surface area (Å²) < 4.78 is 1.96. The fourth-order valence-electron chi connectivity index (χ4n) is 2.06. The Bertz CT molecular complexity index is 748. The molecule has 0 atom stereocenters. The van der Waals surface area contributed by atoms with Crippen LogP contribution in [0.4, 0.5) is 0 Å². The van der Waals surface area contributed by atoms with E-state index in [1.807, 2.05) is 60.0 Å². The van der Waals surface area contributed by atoms with Gasteiger partial charge in [0.15, 0.2) is 0 Å². The number of nitrogens with zero attached hydrogens (tertiary/aromatic N) is 3. The minimum Gasteiger partial charge on any atom is -0.302 e. The highest BCUT2D eigenvalue weighted by atomic mass is 15.0. The second-order valence-corrected chi connectivity index (χ2v) is 4.16. The zero-order valence-electron chi connectivity index (χ0n) is 9.96. The maximum Gasteiger partial charge on any atom is 0.137 e. The third kappa shape index (κ3) is 1.56. The van der Waals surface area contributed by atoms with E-state index >= 15 is 0 Å². The van der Waals surface area contributed by atoms with E-state index in [9.17, 15) is 0 Å². The molecule has 3 nitrogen and oxygen atoms in total. The zero-order valence-corrected chi connectivity index (χ0v) is 9.96. The van der Waals surface area contributed by atoms with E-state index in [-0.39, 0.29) is 0 Å². The monoisotopic (exact) mass is 233 g/mol. The smallest absolute Gasteiger partial charge is 0.137 e. The molecule has 18 heavy (non-hydrogen) atoms. The van der Waals surface area contributed by atoms with Crippen LogP contribution in [0.2, 0.25) is 0 Å². The molecule has 0 fully saturated rings. The molecule has 0 unspecified atom stereocenters. The number of hydrogen-bond acceptors (Lipinski definition) is 2. The van der Waals surface area contributed by atoms with Gasteiger partial charge < -0.3 is 4.40 Å². The minimum atomic E-state index is 0.680. The lowest BCUT2D eigenvalue weighted by molar-refractivity contribution is 1.08. The van der Waals surface area contributed by atoms with Crippen molar-refractivity contribution >= 4 is 5.65 Å². The van der Waals surface area contributed by atoms with Crippen molar-refractivity contribution in [2.24, 2.45) is 0 Å². The minimum absolute atomic E-state index is 0.680. The number of pyridine rings is 1. The first kappa shape index (κ1) is 10.5. The highest BCUT2D eigenvalue weighted by Crippen LogP contribution is 2.20. The van der Waals surface area contributed by atoms with Gasteiger partial charge in [0.25, 0.3) is 0 Å². The molecule has 0 spiro atoms. The molecule has 0 saturated heterocycles. The standard InChI is InChI=1S/C15H11N3/c1-11-13(9-16)7-8-15-17-14(10-18(11)15)12-5-3-2-4-6-12/h2-8,10H,1H3. The van der Waals surface area contributed by atoms with Crippen LogP contribution in [0.25, 0.3) is 16.9 Å². The number of nitriles is 1. The van der Waals surface area contributed by atoms with Gasteiger partial charge >= 0.3 is 0 Å². The van der Waals surface area contributed by atoms with Gasteiger partial charge in [0.1, 0.15) is 11.7 Å². The van der Waals surface area contributed by atoms with Gasteiger partial charge in [-0.25, -0.2) is 4.98 Å². The molecule has 0 amide bonds. The predicted molar refractivity (Wildman–Crippen MR) is 70.1 cm³/mol. The molecule has 3 heteroatoms. The number of rotatable bonds is 1. The SMILES string of the molecule is Cc1c(C#N)ccc2nc(-c3ccccc3)cn12. The van der Waals surface area contributed by atoms with Crippen LogP contribution in [-0.2, 0) is 0 Å². The van der Waals surface area contributed by atoms with Crippen LogP contribution in [0, 0.1) is 18.3 Å².